The maximum atomic E-state index is 12.2. The van der Waals surface area contributed by atoms with Crippen molar-refractivity contribution in [3.63, 3.8) is 0 Å². The van der Waals surface area contributed by atoms with Crippen molar-refractivity contribution >= 4 is 28.5 Å². The van der Waals surface area contributed by atoms with Gasteiger partial charge in [0.05, 0.1) is 24.6 Å². The molecule has 3 rings (SSSR count). The van der Waals surface area contributed by atoms with Gasteiger partial charge in [0.2, 0.25) is 0 Å². The topological polar surface area (TPSA) is 99.9 Å². The SMILES string of the molecule is COC(=O)c1cc(C)c2cc(C(=O)Nc3cn[nH]c3)[nH]c2c1. The van der Waals surface area contributed by atoms with Crippen molar-refractivity contribution in [3.05, 3.63) is 47.4 Å². The van der Waals surface area contributed by atoms with Crippen molar-refractivity contribution in [2.24, 2.45) is 0 Å². The number of anilines is 1. The number of esters is 1. The van der Waals surface area contributed by atoms with Gasteiger partial charge in [0, 0.05) is 17.1 Å². The van der Waals surface area contributed by atoms with Gasteiger partial charge >= 0.3 is 5.97 Å². The minimum absolute atomic E-state index is 0.281. The molecular weight excluding hydrogens is 284 g/mol. The molecule has 7 heteroatoms. The molecule has 0 saturated carbocycles. The molecule has 0 fully saturated rings. The van der Waals surface area contributed by atoms with Crippen molar-refractivity contribution in [1.29, 1.82) is 0 Å². The van der Waals surface area contributed by atoms with Gasteiger partial charge in [0.1, 0.15) is 5.69 Å². The molecule has 0 spiro atoms. The van der Waals surface area contributed by atoms with Crippen molar-refractivity contribution in [2.75, 3.05) is 12.4 Å². The van der Waals surface area contributed by atoms with E-state index < -0.39 is 5.97 Å². The summed E-state index contributed by atoms with van der Waals surface area (Å²) in [5.74, 6) is -0.694. The van der Waals surface area contributed by atoms with E-state index in [-0.39, 0.29) is 5.91 Å². The first-order valence-corrected chi connectivity index (χ1v) is 6.60. The van der Waals surface area contributed by atoms with E-state index in [4.69, 9.17) is 4.74 Å². The van der Waals surface area contributed by atoms with E-state index in [9.17, 15) is 9.59 Å². The molecule has 112 valence electrons. The molecule has 3 aromatic rings. The molecule has 0 atom stereocenters. The lowest BCUT2D eigenvalue weighted by Crippen LogP contribution is -2.11. The highest BCUT2D eigenvalue weighted by Crippen LogP contribution is 2.22. The number of hydrogen-bond donors (Lipinski definition) is 3. The van der Waals surface area contributed by atoms with Crippen LogP contribution in [0.2, 0.25) is 0 Å². The van der Waals surface area contributed by atoms with Gasteiger partial charge in [0.25, 0.3) is 5.91 Å². The first-order valence-electron chi connectivity index (χ1n) is 6.60. The number of ether oxygens (including phenoxy) is 1. The quantitative estimate of drug-likeness (QED) is 0.645. The number of carbonyl (C=O) groups excluding carboxylic acids is 2. The molecule has 22 heavy (non-hydrogen) atoms. The summed E-state index contributed by atoms with van der Waals surface area (Å²) in [4.78, 5) is 26.8. The zero-order valence-electron chi connectivity index (χ0n) is 12.1. The van der Waals surface area contributed by atoms with Crippen molar-refractivity contribution < 1.29 is 14.3 Å². The maximum absolute atomic E-state index is 12.2. The van der Waals surface area contributed by atoms with Gasteiger partial charge in [-0.25, -0.2) is 4.79 Å². The summed E-state index contributed by atoms with van der Waals surface area (Å²) in [6.07, 6.45) is 3.10. The van der Waals surface area contributed by atoms with Crippen LogP contribution in [0.5, 0.6) is 0 Å². The number of carbonyl (C=O) groups is 2. The number of nitrogens with zero attached hydrogens (tertiary/aromatic N) is 1. The summed E-state index contributed by atoms with van der Waals surface area (Å²) in [7, 11) is 1.33. The van der Waals surface area contributed by atoms with E-state index in [1.165, 1.54) is 13.3 Å². The number of amides is 1. The van der Waals surface area contributed by atoms with E-state index in [0.717, 1.165) is 10.9 Å². The summed E-state index contributed by atoms with van der Waals surface area (Å²) in [6, 6.07) is 5.16. The highest BCUT2D eigenvalue weighted by atomic mass is 16.5. The minimum atomic E-state index is -0.413. The first kappa shape index (κ1) is 13.9. The van der Waals surface area contributed by atoms with Gasteiger partial charge < -0.3 is 15.0 Å². The van der Waals surface area contributed by atoms with Gasteiger partial charge in [-0.3, -0.25) is 9.89 Å². The van der Waals surface area contributed by atoms with Crippen LogP contribution in [0, 0.1) is 6.92 Å². The van der Waals surface area contributed by atoms with Crippen molar-refractivity contribution in [2.45, 2.75) is 6.92 Å². The molecule has 0 aliphatic carbocycles. The second-order valence-electron chi connectivity index (χ2n) is 4.87. The van der Waals surface area contributed by atoms with Gasteiger partial charge in [0.15, 0.2) is 0 Å². The second-order valence-corrected chi connectivity index (χ2v) is 4.87. The molecule has 0 radical (unpaired) electrons. The van der Waals surface area contributed by atoms with Crippen LogP contribution in [-0.2, 0) is 4.74 Å². The first-order chi connectivity index (χ1) is 10.6. The summed E-state index contributed by atoms with van der Waals surface area (Å²) in [5, 5.41) is 9.98. The monoisotopic (exact) mass is 298 g/mol. The van der Waals surface area contributed by atoms with Crippen LogP contribution in [-0.4, -0.2) is 34.2 Å². The molecule has 0 aliphatic rings. The fourth-order valence-electron chi connectivity index (χ4n) is 2.29. The Morgan fingerprint density at radius 3 is 2.77 bits per heavy atom. The van der Waals surface area contributed by atoms with Gasteiger partial charge in [-0.1, -0.05) is 0 Å². The van der Waals surface area contributed by atoms with Crippen LogP contribution < -0.4 is 5.32 Å². The molecular formula is C15H14N4O3. The van der Waals surface area contributed by atoms with Crippen LogP contribution >= 0.6 is 0 Å². The summed E-state index contributed by atoms with van der Waals surface area (Å²) in [6.45, 7) is 1.88. The molecule has 7 nitrogen and oxygen atoms in total. The lowest BCUT2D eigenvalue weighted by molar-refractivity contribution is 0.0600. The van der Waals surface area contributed by atoms with Crippen LogP contribution in [0.15, 0.2) is 30.6 Å². The van der Waals surface area contributed by atoms with E-state index in [1.54, 1.807) is 24.4 Å². The Bertz CT molecular complexity index is 849. The van der Waals surface area contributed by atoms with E-state index in [2.05, 4.69) is 20.5 Å². The Hall–Kier alpha value is -3.09. The Morgan fingerprint density at radius 2 is 2.09 bits per heavy atom. The van der Waals surface area contributed by atoms with E-state index >= 15 is 0 Å². The zero-order valence-corrected chi connectivity index (χ0v) is 12.1. The number of H-pyrrole nitrogens is 2. The molecule has 0 bridgehead atoms. The minimum Gasteiger partial charge on any atom is -0.465 e. The summed E-state index contributed by atoms with van der Waals surface area (Å²) < 4.78 is 4.72. The van der Waals surface area contributed by atoms with Gasteiger partial charge in [-0.05, 0) is 30.7 Å². The smallest absolute Gasteiger partial charge is 0.337 e. The number of fused-ring (bicyclic) bond motifs is 1. The molecule has 0 unspecified atom stereocenters. The van der Waals surface area contributed by atoms with Gasteiger partial charge in [-0.2, -0.15) is 5.10 Å². The lowest BCUT2D eigenvalue weighted by Gasteiger charge is -2.02. The maximum Gasteiger partial charge on any atom is 0.337 e. The predicted octanol–water partition coefficient (Wildman–Crippen LogP) is 2.24. The Morgan fingerprint density at radius 1 is 1.27 bits per heavy atom. The molecule has 1 aromatic carbocycles. The normalized spacial score (nSPS) is 10.6. The number of nitrogens with one attached hydrogen (secondary N) is 3. The van der Waals surface area contributed by atoms with Crippen LogP contribution in [0.4, 0.5) is 5.69 Å². The Labute approximate surface area is 125 Å². The number of aromatic amines is 2. The predicted molar refractivity (Wildman–Crippen MR) is 80.9 cm³/mol. The van der Waals surface area contributed by atoms with Crippen molar-refractivity contribution in [1.82, 2.24) is 15.2 Å². The number of aromatic nitrogens is 3. The molecule has 2 heterocycles. The molecule has 2 aromatic heterocycles. The van der Waals surface area contributed by atoms with Crippen LogP contribution in [0.3, 0.4) is 0 Å². The average Bonchev–Trinajstić information content (AvgIpc) is 3.15. The number of rotatable bonds is 3. The van der Waals surface area contributed by atoms with Crippen LogP contribution in [0.25, 0.3) is 10.9 Å². The third-order valence-corrected chi connectivity index (χ3v) is 3.37. The number of hydrogen-bond acceptors (Lipinski definition) is 4. The van der Waals surface area contributed by atoms with Gasteiger partial charge in [-0.15, -0.1) is 0 Å². The average molecular weight is 298 g/mol. The number of aryl methyl sites for hydroxylation is 1. The van der Waals surface area contributed by atoms with E-state index in [0.29, 0.717) is 22.5 Å². The highest BCUT2D eigenvalue weighted by molar-refractivity contribution is 6.07. The Balaban J connectivity index is 1.97. The third kappa shape index (κ3) is 2.44. The fourth-order valence-corrected chi connectivity index (χ4v) is 2.29. The number of benzene rings is 1. The van der Waals surface area contributed by atoms with Crippen molar-refractivity contribution in [3.8, 4) is 0 Å². The second kappa shape index (κ2) is 5.36. The fraction of sp³-hybridized carbons (Fsp3) is 0.133. The zero-order chi connectivity index (χ0) is 15.7. The summed E-state index contributed by atoms with van der Waals surface area (Å²) in [5.41, 5.74) is 3.02. The highest BCUT2D eigenvalue weighted by Gasteiger charge is 2.14. The van der Waals surface area contributed by atoms with Crippen LogP contribution in [0.1, 0.15) is 26.4 Å². The van der Waals surface area contributed by atoms with E-state index in [1.807, 2.05) is 6.92 Å². The summed E-state index contributed by atoms with van der Waals surface area (Å²) >= 11 is 0. The molecule has 0 aliphatic heterocycles. The molecule has 1 amide bonds. The lowest BCUT2D eigenvalue weighted by atomic mass is 10.1. The number of methoxy groups -OCH3 is 1. The molecule has 0 saturated heterocycles. The standard InChI is InChI=1S/C15H14N4O3/c1-8-3-9(15(21)22-2)4-12-11(8)5-13(19-12)14(20)18-10-6-16-17-7-10/h3-7,19H,1-2H3,(H,16,17)(H,18,20). The third-order valence-electron chi connectivity index (χ3n) is 3.37. The Kier molecular flexibility index (Phi) is 3.38. The molecule has 3 N–H and O–H groups in total. The largest absolute Gasteiger partial charge is 0.465 e.